The second-order valence-electron chi connectivity index (χ2n) is 6.42. The van der Waals surface area contributed by atoms with Gasteiger partial charge < -0.3 is 14.4 Å². The van der Waals surface area contributed by atoms with Crippen molar-refractivity contribution in [3.05, 3.63) is 54.5 Å². The molecule has 1 atom stereocenters. The molecule has 2 aromatic heterocycles. The van der Waals surface area contributed by atoms with Crippen LogP contribution < -0.4 is 9.47 Å². The van der Waals surface area contributed by atoms with Gasteiger partial charge in [-0.05, 0) is 25.0 Å². The number of amides is 1. The van der Waals surface area contributed by atoms with E-state index in [-0.39, 0.29) is 12.0 Å². The van der Waals surface area contributed by atoms with Gasteiger partial charge in [0.2, 0.25) is 11.8 Å². The third-order valence-corrected chi connectivity index (χ3v) is 4.57. The van der Waals surface area contributed by atoms with E-state index in [2.05, 4.69) is 15.0 Å². The number of nitrogens with zero attached hydrogens (tertiary/aromatic N) is 4. The maximum absolute atomic E-state index is 12.9. The number of pyridine rings is 1. The van der Waals surface area contributed by atoms with Crippen molar-refractivity contribution >= 4 is 16.8 Å². The minimum atomic E-state index is -0.135. The molecule has 0 bridgehead atoms. The normalized spacial score (nSPS) is 16.9. The van der Waals surface area contributed by atoms with Gasteiger partial charge >= 0.3 is 0 Å². The van der Waals surface area contributed by atoms with Crippen LogP contribution in [0.2, 0.25) is 0 Å². The highest BCUT2D eigenvalue weighted by molar-refractivity contribution is 5.95. The van der Waals surface area contributed by atoms with Crippen LogP contribution in [-0.2, 0) is 0 Å². The van der Waals surface area contributed by atoms with Gasteiger partial charge in [-0.2, -0.15) is 4.98 Å². The Morgan fingerprint density at radius 1 is 1.11 bits per heavy atom. The van der Waals surface area contributed by atoms with Gasteiger partial charge in [-0.3, -0.25) is 9.78 Å². The molecule has 0 saturated carbocycles. The quantitative estimate of drug-likeness (QED) is 0.708. The van der Waals surface area contributed by atoms with E-state index in [4.69, 9.17) is 9.47 Å². The molecule has 27 heavy (non-hydrogen) atoms. The van der Waals surface area contributed by atoms with Crippen molar-refractivity contribution in [1.82, 2.24) is 19.9 Å². The van der Waals surface area contributed by atoms with Crippen LogP contribution in [0.4, 0.5) is 0 Å². The Labute approximate surface area is 157 Å². The fourth-order valence-electron chi connectivity index (χ4n) is 3.22. The highest BCUT2D eigenvalue weighted by Gasteiger charge is 2.27. The molecular weight excluding hydrogens is 344 g/mol. The molecule has 3 aromatic rings. The lowest BCUT2D eigenvalue weighted by atomic mass is 10.1. The van der Waals surface area contributed by atoms with Crippen molar-refractivity contribution in [3.8, 4) is 11.8 Å². The molecule has 1 unspecified atom stereocenters. The van der Waals surface area contributed by atoms with Crippen LogP contribution in [-0.4, -0.2) is 52.1 Å². The van der Waals surface area contributed by atoms with E-state index in [9.17, 15) is 4.79 Å². The largest absolute Gasteiger partial charge is 0.480 e. The van der Waals surface area contributed by atoms with E-state index >= 15 is 0 Å². The summed E-state index contributed by atoms with van der Waals surface area (Å²) in [4.78, 5) is 27.5. The Balaban J connectivity index is 1.47. The van der Waals surface area contributed by atoms with Crippen LogP contribution in [0.25, 0.3) is 10.9 Å². The molecule has 0 aliphatic carbocycles. The van der Waals surface area contributed by atoms with Crippen molar-refractivity contribution in [2.45, 2.75) is 18.9 Å². The van der Waals surface area contributed by atoms with E-state index in [0.29, 0.717) is 30.5 Å². The van der Waals surface area contributed by atoms with Crippen molar-refractivity contribution in [3.63, 3.8) is 0 Å². The number of methoxy groups -OCH3 is 1. The van der Waals surface area contributed by atoms with Crippen molar-refractivity contribution in [1.29, 1.82) is 0 Å². The Morgan fingerprint density at radius 3 is 2.85 bits per heavy atom. The summed E-state index contributed by atoms with van der Waals surface area (Å²) in [7, 11) is 1.53. The van der Waals surface area contributed by atoms with Crippen LogP contribution >= 0.6 is 0 Å². The number of carbonyl (C=O) groups is 1. The second kappa shape index (κ2) is 7.57. The number of para-hydroxylation sites is 1. The van der Waals surface area contributed by atoms with Crippen molar-refractivity contribution in [2.75, 3.05) is 20.2 Å². The van der Waals surface area contributed by atoms with Crippen LogP contribution in [0.15, 0.2) is 48.8 Å². The van der Waals surface area contributed by atoms with Gasteiger partial charge in [0, 0.05) is 11.9 Å². The molecule has 1 saturated heterocycles. The van der Waals surface area contributed by atoms with E-state index < -0.39 is 0 Å². The Hall–Kier alpha value is -3.22. The lowest BCUT2D eigenvalue weighted by Crippen LogP contribution is -2.44. The summed E-state index contributed by atoms with van der Waals surface area (Å²) in [6.07, 6.45) is 4.66. The molecule has 3 heterocycles. The average molecular weight is 364 g/mol. The maximum Gasteiger partial charge on any atom is 0.272 e. The predicted molar refractivity (Wildman–Crippen MR) is 99.9 cm³/mol. The summed E-state index contributed by atoms with van der Waals surface area (Å²) in [5.74, 6) is 0.722. The molecule has 0 spiro atoms. The summed E-state index contributed by atoms with van der Waals surface area (Å²) in [6, 6.07) is 11.5. The van der Waals surface area contributed by atoms with Gasteiger partial charge in [-0.15, -0.1) is 0 Å². The van der Waals surface area contributed by atoms with Crippen LogP contribution in [0.1, 0.15) is 23.3 Å². The SMILES string of the molecule is COc1cncc(OC2CCCN(C(=O)c3ccc4ccccc4n3)C2)n1. The molecule has 1 aliphatic rings. The smallest absolute Gasteiger partial charge is 0.272 e. The average Bonchev–Trinajstić information content (AvgIpc) is 2.73. The standard InChI is InChI=1S/C20H20N4O3/c1-26-18-11-21-12-19(23-18)27-15-6-4-10-24(13-15)20(25)17-9-8-14-5-2-3-7-16(14)22-17/h2-3,5,7-9,11-12,15H,4,6,10,13H2,1H3. The molecule has 7 heteroatoms. The molecule has 1 fully saturated rings. The first-order chi connectivity index (χ1) is 13.2. The molecule has 1 amide bonds. The van der Waals surface area contributed by atoms with E-state index in [1.165, 1.54) is 13.3 Å². The van der Waals surface area contributed by atoms with Crippen LogP contribution in [0.5, 0.6) is 11.8 Å². The molecule has 0 radical (unpaired) electrons. The number of piperidine rings is 1. The Bertz CT molecular complexity index is 963. The summed E-state index contributed by atoms with van der Waals surface area (Å²) in [6.45, 7) is 1.18. The number of hydrogen-bond acceptors (Lipinski definition) is 6. The molecule has 1 aliphatic heterocycles. The fourth-order valence-corrected chi connectivity index (χ4v) is 3.22. The lowest BCUT2D eigenvalue weighted by molar-refractivity contribution is 0.0520. The van der Waals surface area contributed by atoms with Crippen molar-refractivity contribution < 1.29 is 14.3 Å². The fraction of sp³-hybridized carbons (Fsp3) is 0.300. The predicted octanol–water partition coefficient (Wildman–Crippen LogP) is 2.72. The Kier molecular flexibility index (Phi) is 4.82. The number of benzene rings is 1. The molecule has 0 N–H and O–H groups in total. The second-order valence-corrected chi connectivity index (χ2v) is 6.42. The molecule has 4 rings (SSSR count). The zero-order chi connectivity index (χ0) is 18.6. The summed E-state index contributed by atoms with van der Waals surface area (Å²) >= 11 is 0. The van der Waals surface area contributed by atoms with Gasteiger partial charge in [-0.1, -0.05) is 24.3 Å². The third-order valence-electron chi connectivity index (χ3n) is 4.57. The number of carbonyl (C=O) groups excluding carboxylic acids is 1. The number of hydrogen-bond donors (Lipinski definition) is 0. The number of fused-ring (bicyclic) bond motifs is 1. The summed E-state index contributed by atoms with van der Waals surface area (Å²) < 4.78 is 11.0. The van der Waals surface area contributed by atoms with Gasteiger partial charge in [0.25, 0.3) is 5.91 Å². The van der Waals surface area contributed by atoms with Crippen LogP contribution in [0, 0.1) is 0 Å². The first kappa shape index (κ1) is 17.2. The third kappa shape index (κ3) is 3.81. The van der Waals surface area contributed by atoms with Crippen molar-refractivity contribution in [2.24, 2.45) is 0 Å². The molecular formula is C20H20N4O3. The van der Waals surface area contributed by atoms with Gasteiger partial charge in [-0.25, -0.2) is 4.98 Å². The molecule has 7 nitrogen and oxygen atoms in total. The highest BCUT2D eigenvalue weighted by Crippen LogP contribution is 2.20. The summed E-state index contributed by atoms with van der Waals surface area (Å²) in [5.41, 5.74) is 1.27. The van der Waals surface area contributed by atoms with Crippen LogP contribution in [0.3, 0.4) is 0 Å². The maximum atomic E-state index is 12.9. The van der Waals surface area contributed by atoms with E-state index in [1.807, 2.05) is 30.3 Å². The summed E-state index contributed by atoms with van der Waals surface area (Å²) in [5, 5.41) is 1.02. The van der Waals surface area contributed by atoms with E-state index in [0.717, 1.165) is 23.7 Å². The van der Waals surface area contributed by atoms with Gasteiger partial charge in [0.1, 0.15) is 11.8 Å². The number of aromatic nitrogens is 3. The number of rotatable bonds is 4. The van der Waals surface area contributed by atoms with E-state index in [1.54, 1.807) is 17.2 Å². The zero-order valence-corrected chi connectivity index (χ0v) is 15.0. The Morgan fingerprint density at radius 2 is 1.96 bits per heavy atom. The topological polar surface area (TPSA) is 77.4 Å². The minimum Gasteiger partial charge on any atom is -0.480 e. The zero-order valence-electron chi connectivity index (χ0n) is 15.0. The molecule has 1 aromatic carbocycles. The van der Waals surface area contributed by atoms with Gasteiger partial charge in [0.15, 0.2) is 0 Å². The van der Waals surface area contributed by atoms with Gasteiger partial charge in [0.05, 0.1) is 31.6 Å². The lowest BCUT2D eigenvalue weighted by Gasteiger charge is -2.32. The number of ether oxygens (including phenoxy) is 2. The highest BCUT2D eigenvalue weighted by atomic mass is 16.5. The minimum absolute atomic E-state index is 0.0780. The number of likely N-dealkylation sites (tertiary alicyclic amines) is 1. The monoisotopic (exact) mass is 364 g/mol. The first-order valence-electron chi connectivity index (χ1n) is 8.91. The molecule has 138 valence electrons. The first-order valence-corrected chi connectivity index (χ1v) is 8.91.